The summed E-state index contributed by atoms with van der Waals surface area (Å²) in [4.78, 5) is 11.6. The molecule has 5 nitrogen and oxygen atoms in total. The molecule has 1 aromatic carbocycles. The minimum absolute atomic E-state index is 0.0909. The molecule has 0 heterocycles. The summed E-state index contributed by atoms with van der Waals surface area (Å²) < 4.78 is 15.5. The fourth-order valence-electron chi connectivity index (χ4n) is 1.46. The molecule has 0 unspecified atom stereocenters. The van der Waals surface area contributed by atoms with Crippen LogP contribution in [0, 0.1) is 0 Å². The molecule has 5 heteroatoms. The first-order chi connectivity index (χ1) is 8.84. The molecule has 0 fully saturated rings. The van der Waals surface area contributed by atoms with Crippen molar-refractivity contribution in [3.63, 3.8) is 0 Å². The van der Waals surface area contributed by atoms with Gasteiger partial charge in [-0.1, -0.05) is 0 Å². The highest BCUT2D eigenvalue weighted by Gasteiger charge is 2.15. The molecule has 0 atom stereocenters. The van der Waals surface area contributed by atoms with Crippen LogP contribution in [0.25, 0.3) is 0 Å². The van der Waals surface area contributed by atoms with E-state index in [0.29, 0.717) is 11.5 Å². The molecular weight excluding hydrogens is 246 g/mol. The second-order valence-corrected chi connectivity index (χ2v) is 5.04. The molecule has 1 rings (SSSR count). The minimum atomic E-state index is -0.481. The van der Waals surface area contributed by atoms with Crippen LogP contribution in [0.4, 0.5) is 5.69 Å². The largest absolute Gasteiger partial charge is 0.497 e. The first kappa shape index (κ1) is 15.1. The van der Waals surface area contributed by atoms with Crippen molar-refractivity contribution in [3.8, 4) is 11.5 Å². The molecule has 0 amide bonds. The lowest BCUT2D eigenvalue weighted by atomic mass is 10.2. The summed E-state index contributed by atoms with van der Waals surface area (Å²) in [5, 5.41) is 2.98. The number of hydrogen-bond donors (Lipinski definition) is 1. The van der Waals surface area contributed by atoms with Crippen molar-refractivity contribution in [2.75, 3.05) is 26.1 Å². The van der Waals surface area contributed by atoms with Gasteiger partial charge in [0.05, 0.1) is 14.2 Å². The molecular formula is C14H21NO4. The molecule has 0 bridgehead atoms. The fraction of sp³-hybridized carbons (Fsp3) is 0.500. The molecule has 0 saturated carbocycles. The number of anilines is 1. The van der Waals surface area contributed by atoms with E-state index in [0.717, 1.165) is 5.69 Å². The topological polar surface area (TPSA) is 56.8 Å². The van der Waals surface area contributed by atoms with E-state index in [1.165, 1.54) is 0 Å². The SMILES string of the molecule is COc1cc(NCC(=O)OC(C)(C)C)cc(OC)c1. The number of rotatable bonds is 5. The number of carbonyl (C=O) groups excluding carboxylic acids is 1. The molecule has 0 aliphatic carbocycles. The van der Waals surface area contributed by atoms with Crippen molar-refractivity contribution in [1.29, 1.82) is 0 Å². The quantitative estimate of drug-likeness (QED) is 0.830. The average Bonchev–Trinajstić information content (AvgIpc) is 2.33. The predicted molar refractivity (Wildman–Crippen MR) is 73.9 cm³/mol. The van der Waals surface area contributed by atoms with Crippen LogP contribution < -0.4 is 14.8 Å². The molecule has 1 aromatic rings. The van der Waals surface area contributed by atoms with Crippen LogP contribution in [0.1, 0.15) is 20.8 Å². The second kappa shape index (κ2) is 6.31. The number of hydrogen-bond acceptors (Lipinski definition) is 5. The van der Waals surface area contributed by atoms with E-state index in [9.17, 15) is 4.79 Å². The monoisotopic (exact) mass is 267 g/mol. The maximum absolute atomic E-state index is 11.6. The van der Waals surface area contributed by atoms with Gasteiger partial charge in [0.25, 0.3) is 0 Å². The number of carbonyl (C=O) groups is 1. The lowest BCUT2D eigenvalue weighted by molar-refractivity contribution is -0.152. The third-order valence-electron chi connectivity index (χ3n) is 2.21. The van der Waals surface area contributed by atoms with E-state index in [-0.39, 0.29) is 12.5 Å². The molecule has 0 aliphatic rings. The highest BCUT2D eigenvalue weighted by atomic mass is 16.6. The number of esters is 1. The number of methoxy groups -OCH3 is 2. The first-order valence-corrected chi connectivity index (χ1v) is 6.03. The highest BCUT2D eigenvalue weighted by molar-refractivity contribution is 5.75. The molecule has 0 aliphatic heterocycles. The third kappa shape index (κ3) is 5.50. The lowest BCUT2D eigenvalue weighted by Crippen LogP contribution is -2.28. The van der Waals surface area contributed by atoms with E-state index in [1.54, 1.807) is 32.4 Å². The Morgan fingerprint density at radius 3 is 2.05 bits per heavy atom. The maximum Gasteiger partial charge on any atom is 0.325 e. The van der Waals surface area contributed by atoms with Crippen molar-refractivity contribution in [1.82, 2.24) is 0 Å². The second-order valence-electron chi connectivity index (χ2n) is 5.04. The van der Waals surface area contributed by atoms with E-state index in [1.807, 2.05) is 20.8 Å². The van der Waals surface area contributed by atoms with Crippen LogP contribution in [0.5, 0.6) is 11.5 Å². The summed E-state index contributed by atoms with van der Waals surface area (Å²) >= 11 is 0. The highest BCUT2D eigenvalue weighted by Crippen LogP contribution is 2.25. The van der Waals surface area contributed by atoms with Gasteiger partial charge in [0.15, 0.2) is 0 Å². The normalized spacial score (nSPS) is 10.8. The van der Waals surface area contributed by atoms with Crippen molar-refractivity contribution in [3.05, 3.63) is 18.2 Å². The lowest BCUT2D eigenvalue weighted by Gasteiger charge is -2.20. The van der Waals surface area contributed by atoms with Crippen LogP contribution >= 0.6 is 0 Å². The van der Waals surface area contributed by atoms with Gasteiger partial charge in [0.2, 0.25) is 0 Å². The Bertz CT molecular complexity index is 415. The predicted octanol–water partition coefficient (Wildman–Crippen LogP) is 2.46. The zero-order valence-electron chi connectivity index (χ0n) is 12.1. The maximum atomic E-state index is 11.6. The van der Waals surface area contributed by atoms with Gasteiger partial charge in [-0.3, -0.25) is 4.79 Å². The third-order valence-corrected chi connectivity index (χ3v) is 2.21. The summed E-state index contributed by atoms with van der Waals surface area (Å²) in [6.45, 7) is 5.59. The first-order valence-electron chi connectivity index (χ1n) is 6.03. The summed E-state index contributed by atoms with van der Waals surface area (Å²) in [7, 11) is 3.15. The Morgan fingerprint density at radius 1 is 1.11 bits per heavy atom. The summed E-state index contributed by atoms with van der Waals surface area (Å²) in [5.41, 5.74) is 0.257. The molecule has 0 saturated heterocycles. The van der Waals surface area contributed by atoms with Crippen molar-refractivity contribution in [2.24, 2.45) is 0 Å². The van der Waals surface area contributed by atoms with Crippen LogP contribution in [0.15, 0.2) is 18.2 Å². The van der Waals surface area contributed by atoms with Crippen molar-refractivity contribution in [2.45, 2.75) is 26.4 Å². The van der Waals surface area contributed by atoms with Gasteiger partial charge in [0, 0.05) is 23.9 Å². The van der Waals surface area contributed by atoms with Crippen molar-refractivity contribution >= 4 is 11.7 Å². The average molecular weight is 267 g/mol. The van der Waals surface area contributed by atoms with E-state index < -0.39 is 5.60 Å². The van der Waals surface area contributed by atoms with E-state index >= 15 is 0 Å². The van der Waals surface area contributed by atoms with Gasteiger partial charge < -0.3 is 19.5 Å². The van der Waals surface area contributed by atoms with E-state index in [4.69, 9.17) is 14.2 Å². The van der Waals surface area contributed by atoms with Crippen LogP contribution in [0.3, 0.4) is 0 Å². The van der Waals surface area contributed by atoms with E-state index in [2.05, 4.69) is 5.32 Å². The molecule has 0 radical (unpaired) electrons. The summed E-state index contributed by atoms with van der Waals surface area (Å²) in [6.07, 6.45) is 0. The molecule has 0 spiro atoms. The fourth-order valence-corrected chi connectivity index (χ4v) is 1.46. The Morgan fingerprint density at radius 2 is 1.63 bits per heavy atom. The Hall–Kier alpha value is -1.91. The zero-order valence-corrected chi connectivity index (χ0v) is 12.1. The van der Waals surface area contributed by atoms with Gasteiger partial charge in [0.1, 0.15) is 23.6 Å². The van der Waals surface area contributed by atoms with Gasteiger partial charge in [-0.2, -0.15) is 0 Å². The van der Waals surface area contributed by atoms with Crippen LogP contribution in [-0.4, -0.2) is 32.3 Å². The van der Waals surface area contributed by atoms with Gasteiger partial charge >= 0.3 is 5.97 Å². The minimum Gasteiger partial charge on any atom is -0.497 e. The standard InChI is InChI=1S/C14H21NO4/c1-14(2,3)19-13(16)9-15-10-6-11(17-4)8-12(7-10)18-5/h6-8,15H,9H2,1-5H3. The summed E-state index contributed by atoms with van der Waals surface area (Å²) in [6, 6.07) is 5.33. The Kier molecular flexibility index (Phi) is 5.03. The zero-order chi connectivity index (χ0) is 14.5. The molecule has 0 aromatic heterocycles. The number of nitrogens with one attached hydrogen (secondary N) is 1. The van der Waals surface area contributed by atoms with Crippen LogP contribution in [-0.2, 0) is 9.53 Å². The molecule has 106 valence electrons. The summed E-state index contributed by atoms with van der Waals surface area (Å²) in [5.74, 6) is 1.01. The molecule has 19 heavy (non-hydrogen) atoms. The van der Waals surface area contributed by atoms with Gasteiger partial charge in [-0.05, 0) is 20.8 Å². The Balaban J connectivity index is 2.64. The number of benzene rings is 1. The number of ether oxygens (including phenoxy) is 3. The van der Waals surface area contributed by atoms with Gasteiger partial charge in [-0.15, -0.1) is 0 Å². The van der Waals surface area contributed by atoms with Crippen molar-refractivity contribution < 1.29 is 19.0 Å². The Labute approximate surface area is 113 Å². The molecule has 1 N–H and O–H groups in total. The van der Waals surface area contributed by atoms with Gasteiger partial charge in [-0.25, -0.2) is 0 Å². The smallest absolute Gasteiger partial charge is 0.325 e. The van der Waals surface area contributed by atoms with Crippen LogP contribution in [0.2, 0.25) is 0 Å².